The normalized spacial score (nSPS) is 10.6. The van der Waals surface area contributed by atoms with Gasteiger partial charge in [-0.15, -0.1) is 0 Å². The maximum Gasteiger partial charge on any atom is 0.259 e. The number of benzene rings is 2. The molecule has 0 fully saturated rings. The Morgan fingerprint density at radius 1 is 1.07 bits per heavy atom. The van der Waals surface area contributed by atoms with Crippen LogP contribution in [0.5, 0.6) is 11.5 Å². The van der Waals surface area contributed by atoms with Crippen molar-refractivity contribution in [3.8, 4) is 17.2 Å². The van der Waals surface area contributed by atoms with E-state index in [2.05, 4.69) is 26.3 Å². The van der Waals surface area contributed by atoms with Gasteiger partial charge in [0.05, 0.1) is 36.4 Å². The summed E-state index contributed by atoms with van der Waals surface area (Å²) in [5.74, 6) is 1.03. The zero-order valence-corrected chi connectivity index (χ0v) is 17.6. The summed E-state index contributed by atoms with van der Waals surface area (Å²) in [7, 11) is 0. The van der Waals surface area contributed by atoms with Gasteiger partial charge in [0.2, 0.25) is 0 Å². The minimum Gasteiger partial charge on any atom is -0.490 e. The van der Waals surface area contributed by atoms with E-state index in [0.29, 0.717) is 36.0 Å². The number of hydrogen-bond acceptors (Lipinski definition) is 4. The van der Waals surface area contributed by atoms with Gasteiger partial charge in [0.25, 0.3) is 5.91 Å². The number of carbonyl (C=O) groups is 1. The van der Waals surface area contributed by atoms with Crippen LogP contribution < -0.4 is 14.8 Å². The summed E-state index contributed by atoms with van der Waals surface area (Å²) >= 11 is 3.42. The summed E-state index contributed by atoms with van der Waals surface area (Å²) in [4.78, 5) is 12.8. The Morgan fingerprint density at radius 2 is 1.75 bits per heavy atom. The Morgan fingerprint density at radius 3 is 2.43 bits per heavy atom. The third kappa shape index (κ3) is 4.36. The molecule has 1 aromatic heterocycles. The number of ether oxygens (including phenoxy) is 2. The van der Waals surface area contributed by atoms with Gasteiger partial charge in [-0.3, -0.25) is 4.79 Å². The van der Waals surface area contributed by atoms with E-state index in [1.165, 1.54) is 0 Å². The highest BCUT2D eigenvalue weighted by Gasteiger charge is 2.16. The van der Waals surface area contributed by atoms with Crippen LogP contribution in [0.1, 0.15) is 29.9 Å². The molecule has 0 radical (unpaired) electrons. The minimum absolute atomic E-state index is 0.229. The first-order valence-corrected chi connectivity index (χ1v) is 9.84. The first-order valence-electron chi connectivity index (χ1n) is 9.05. The van der Waals surface area contributed by atoms with E-state index in [1.54, 1.807) is 29.1 Å². The number of halogens is 1. The van der Waals surface area contributed by atoms with E-state index in [0.717, 1.165) is 15.9 Å². The fraction of sp³-hybridized carbons (Fsp3) is 0.238. The molecule has 1 N–H and O–H groups in total. The number of rotatable bonds is 7. The Hall–Kier alpha value is -2.80. The monoisotopic (exact) mass is 443 g/mol. The SMILES string of the molecule is CCOc1ccc(NC(=O)c2cnn(-c3ccc(Br)cc3)c2C)cc1OCC. The van der Waals surface area contributed by atoms with E-state index in [-0.39, 0.29) is 5.91 Å². The zero-order chi connectivity index (χ0) is 20.1. The number of nitrogens with zero attached hydrogens (tertiary/aromatic N) is 2. The lowest BCUT2D eigenvalue weighted by molar-refractivity contribution is 0.102. The molecule has 0 saturated heterocycles. The summed E-state index contributed by atoms with van der Waals surface area (Å²) in [6.07, 6.45) is 1.57. The predicted molar refractivity (Wildman–Crippen MR) is 113 cm³/mol. The van der Waals surface area contributed by atoms with Crippen LogP contribution in [0.4, 0.5) is 5.69 Å². The number of anilines is 1. The molecule has 0 aliphatic heterocycles. The lowest BCUT2D eigenvalue weighted by Gasteiger charge is -2.13. The highest BCUT2D eigenvalue weighted by atomic mass is 79.9. The van der Waals surface area contributed by atoms with Crippen LogP contribution >= 0.6 is 15.9 Å². The Bertz CT molecular complexity index is 968. The second-order valence-corrected chi connectivity index (χ2v) is 6.93. The van der Waals surface area contributed by atoms with E-state index in [1.807, 2.05) is 45.0 Å². The molecule has 3 aromatic rings. The van der Waals surface area contributed by atoms with Crippen LogP contribution in [-0.4, -0.2) is 28.9 Å². The van der Waals surface area contributed by atoms with Gasteiger partial charge in [-0.2, -0.15) is 5.10 Å². The molecule has 1 heterocycles. The number of hydrogen-bond donors (Lipinski definition) is 1. The van der Waals surface area contributed by atoms with Crippen LogP contribution in [0, 0.1) is 6.92 Å². The highest BCUT2D eigenvalue weighted by Crippen LogP contribution is 2.31. The van der Waals surface area contributed by atoms with Crippen LogP contribution in [0.25, 0.3) is 5.69 Å². The molecule has 2 aromatic carbocycles. The van der Waals surface area contributed by atoms with E-state index < -0.39 is 0 Å². The van der Waals surface area contributed by atoms with Crippen molar-refractivity contribution in [3.63, 3.8) is 0 Å². The van der Waals surface area contributed by atoms with Gasteiger partial charge in [-0.25, -0.2) is 4.68 Å². The lowest BCUT2D eigenvalue weighted by atomic mass is 10.2. The summed E-state index contributed by atoms with van der Waals surface area (Å²) in [5.41, 5.74) is 2.79. The van der Waals surface area contributed by atoms with E-state index in [4.69, 9.17) is 9.47 Å². The average Bonchev–Trinajstić information content (AvgIpc) is 3.06. The molecule has 1 amide bonds. The van der Waals surface area contributed by atoms with Gasteiger partial charge in [0.1, 0.15) is 0 Å². The number of aromatic nitrogens is 2. The van der Waals surface area contributed by atoms with Gasteiger partial charge < -0.3 is 14.8 Å². The minimum atomic E-state index is -0.229. The Balaban J connectivity index is 1.82. The van der Waals surface area contributed by atoms with E-state index >= 15 is 0 Å². The fourth-order valence-electron chi connectivity index (χ4n) is 2.80. The molecule has 0 spiro atoms. The molecular weight excluding hydrogens is 422 g/mol. The topological polar surface area (TPSA) is 65.4 Å². The molecule has 6 nitrogen and oxygen atoms in total. The van der Waals surface area contributed by atoms with Gasteiger partial charge in [0.15, 0.2) is 11.5 Å². The maximum atomic E-state index is 12.8. The second-order valence-electron chi connectivity index (χ2n) is 6.01. The van der Waals surface area contributed by atoms with Crippen molar-refractivity contribution in [2.75, 3.05) is 18.5 Å². The van der Waals surface area contributed by atoms with Gasteiger partial charge in [0, 0.05) is 16.2 Å². The Kier molecular flexibility index (Phi) is 6.36. The average molecular weight is 444 g/mol. The second kappa shape index (κ2) is 8.93. The van der Waals surface area contributed by atoms with Crippen molar-refractivity contribution in [1.82, 2.24) is 9.78 Å². The molecule has 28 heavy (non-hydrogen) atoms. The largest absolute Gasteiger partial charge is 0.490 e. The first kappa shape index (κ1) is 19.9. The maximum absolute atomic E-state index is 12.8. The van der Waals surface area contributed by atoms with Gasteiger partial charge in [-0.1, -0.05) is 15.9 Å². The van der Waals surface area contributed by atoms with Crippen LogP contribution in [0.2, 0.25) is 0 Å². The number of nitrogens with one attached hydrogen (secondary N) is 1. The molecule has 0 aliphatic rings. The summed E-state index contributed by atoms with van der Waals surface area (Å²) in [6, 6.07) is 13.1. The number of amides is 1. The van der Waals surface area contributed by atoms with Crippen molar-refractivity contribution in [2.45, 2.75) is 20.8 Å². The third-order valence-corrected chi connectivity index (χ3v) is 4.66. The smallest absolute Gasteiger partial charge is 0.259 e. The molecule has 0 atom stereocenters. The van der Waals surface area contributed by atoms with Crippen molar-refractivity contribution >= 4 is 27.5 Å². The van der Waals surface area contributed by atoms with Crippen molar-refractivity contribution < 1.29 is 14.3 Å². The summed E-state index contributed by atoms with van der Waals surface area (Å²) in [6.45, 7) is 6.74. The summed E-state index contributed by atoms with van der Waals surface area (Å²) in [5, 5.41) is 7.27. The third-order valence-electron chi connectivity index (χ3n) is 4.13. The first-order chi connectivity index (χ1) is 13.5. The van der Waals surface area contributed by atoms with Crippen LogP contribution in [0.15, 0.2) is 53.1 Å². The predicted octanol–water partition coefficient (Wildman–Crippen LogP) is 4.99. The molecule has 3 rings (SSSR count). The molecule has 0 saturated carbocycles. The van der Waals surface area contributed by atoms with Crippen LogP contribution in [-0.2, 0) is 0 Å². The Labute approximate surface area is 172 Å². The molecule has 0 unspecified atom stereocenters. The van der Waals surface area contributed by atoms with Gasteiger partial charge in [-0.05, 0) is 57.2 Å². The molecule has 7 heteroatoms. The highest BCUT2D eigenvalue weighted by molar-refractivity contribution is 9.10. The van der Waals surface area contributed by atoms with Gasteiger partial charge >= 0.3 is 0 Å². The van der Waals surface area contributed by atoms with Crippen molar-refractivity contribution in [1.29, 1.82) is 0 Å². The molecule has 0 bridgehead atoms. The van der Waals surface area contributed by atoms with E-state index in [9.17, 15) is 4.79 Å². The molecule has 146 valence electrons. The zero-order valence-electron chi connectivity index (χ0n) is 16.0. The number of carbonyl (C=O) groups excluding carboxylic acids is 1. The van der Waals surface area contributed by atoms with Crippen molar-refractivity contribution in [2.24, 2.45) is 0 Å². The quantitative estimate of drug-likeness (QED) is 0.558. The molecule has 0 aliphatic carbocycles. The van der Waals surface area contributed by atoms with Crippen molar-refractivity contribution in [3.05, 3.63) is 64.4 Å². The summed E-state index contributed by atoms with van der Waals surface area (Å²) < 4.78 is 13.9. The fourth-order valence-corrected chi connectivity index (χ4v) is 3.07. The standard InChI is InChI=1S/C21H22BrN3O3/c1-4-27-19-11-8-16(12-20(19)28-5-2)24-21(26)18-13-23-25(14(18)3)17-9-6-15(22)7-10-17/h6-13H,4-5H2,1-3H3,(H,24,26). The lowest BCUT2D eigenvalue weighted by Crippen LogP contribution is -2.13. The van der Waals surface area contributed by atoms with Crippen LogP contribution in [0.3, 0.4) is 0 Å². The molecular formula is C21H22BrN3O3.